The summed E-state index contributed by atoms with van der Waals surface area (Å²) >= 11 is 0. The molecule has 0 radical (unpaired) electrons. The van der Waals surface area contributed by atoms with Gasteiger partial charge >= 0.3 is 0 Å². The fourth-order valence-electron chi connectivity index (χ4n) is 4.57. The van der Waals surface area contributed by atoms with E-state index in [1.54, 1.807) is 12.1 Å². The summed E-state index contributed by atoms with van der Waals surface area (Å²) in [6.45, 7) is 4.60. The molecular formula is C23H28N2O4S. The van der Waals surface area contributed by atoms with Gasteiger partial charge in [0.15, 0.2) is 0 Å². The minimum atomic E-state index is -3.67. The molecule has 4 rings (SSSR count). The number of rotatable bonds is 4. The minimum Gasteiger partial charge on any atom is -0.495 e. The predicted molar refractivity (Wildman–Crippen MR) is 116 cm³/mol. The maximum atomic E-state index is 13.3. The Balaban J connectivity index is 1.49. The fraction of sp³-hybridized carbons (Fsp3) is 0.435. The monoisotopic (exact) mass is 428 g/mol. The van der Waals surface area contributed by atoms with Gasteiger partial charge in [0.2, 0.25) is 15.9 Å². The first-order valence-electron chi connectivity index (χ1n) is 10.4. The first-order chi connectivity index (χ1) is 14.3. The van der Waals surface area contributed by atoms with Crippen molar-refractivity contribution in [1.29, 1.82) is 0 Å². The Morgan fingerprint density at radius 3 is 2.50 bits per heavy atom. The molecule has 30 heavy (non-hydrogen) atoms. The van der Waals surface area contributed by atoms with Crippen LogP contribution in [0.15, 0.2) is 47.4 Å². The third kappa shape index (κ3) is 3.61. The third-order valence-corrected chi connectivity index (χ3v) is 8.10. The molecule has 160 valence electrons. The first-order valence-corrected chi connectivity index (χ1v) is 11.8. The van der Waals surface area contributed by atoms with E-state index >= 15 is 0 Å². The van der Waals surface area contributed by atoms with Crippen molar-refractivity contribution >= 4 is 21.6 Å². The number of hydrogen-bond acceptors (Lipinski definition) is 4. The van der Waals surface area contributed by atoms with Gasteiger partial charge < -0.3 is 9.64 Å². The van der Waals surface area contributed by atoms with Crippen LogP contribution in [0.2, 0.25) is 0 Å². The number of methoxy groups -OCH3 is 1. The molecule has 2 aliphatic heterocycles. The van der Waals surface area contributed by atoms with Crippen LogP contribution in [0.4, 0.5) is 5.69 Å². The number of sulfonamides is 1. The lowest BCUT2D eigenvalue weighted by Gasteiger charge is -2.34. The molecule has 6 nitrogen and oxygen atoms in total. The summed E-state index contributed by atoms with van der Waals surface area (Å²) in [4.78, 5) is 15.4. The van der Waals surface area contributed by atoms with Crippen LogP contribution in [0.5, 0.6) is 5.75 Å². The zero-order valence-electron chi connectivity index (χ0n) is 17.7. The minimum absolute atomic E-state index is 0.109. The van der Waals surface area contributed by atoms with Crippen LogP contribution < -0.4 is 9.64 Å². The standard InChI is InChI=1S/C23H28N2O4S/c1-16-8-9-21(29-3)22(14-16)30(27,28)24-12-10-18(11-13-24)23(26)25-17(2)15-19-6-4-5-7-20(19)25/h4-9,14,17-18H,10-13,15H2,1-3H3/t17-/m1/s1. The van der Waals surface area contributed by atoms with Gasteiger partial charge in [-0.15, -0.1) is 0 Å². The van der Waals surface area contributed by atoms with E-state index in [1.165, 1.54) is 17.0 Å². The summed E-state index contributed by atoms with van der Waals surface area (Å²) in [6, 6.07) is 13.3. The number of fused-ring (bicyclic) bond motifs is 1. The number of hydrogen-bond donors (Lipinski definition) is 0. The number of carbonyl (C=O) groups is 1. The quantitative estimate of drug-likeness (QED) is 0.749. The average Bonchev–Trinajstić information content (AvgIpc) is 3.09. The maximum Gasteiger partial charge on any atom is 0.246 e. The van der Waals surface area contributed by atoms with Crippen LogP contribution in [0, 0.1) is 12.8 Å². The van der Waals surface area contributed by atoms with Crippen molar-refractivity contribution in [2.75, 3.05) is 25.1 Å². The van der Waals surface area contributed by atoms with Gasteiger partial charge in [0.25, 0.3) is 0 Å². The molecule has 0 bridgehead atoms. The molecule has 0 saturated carbocycles. The number of benzene rings is 2. The van der Waals surface area contributed by atoms with Crippen molar-refractivity contribution in [2.45, 2.75) is 44.0 Å². The fourth-order valence-corrected chi connectivity index (χ4v) is 6.28. The van der Waals surface area contributed by atoms with E-state index in [0.717, 1.165) is 17.7 Å². The van der Waals surface area contributed by atoms with Crippen LogP contribution in [0.25, 0.3) is 0 Å². The Labute approximate surface area is 178 Å². The Morgan fingerprint density at radius 2 is 1.80 bits per heavy atom. The normalized spacial score (nSPS) is 20.2. The molecule has 1 atom stereocenters. The van der Waals surface area contributed by atoms with Crippen molar-refractivity contribution in [2.24, 2.45) is 5.92 Å². The molecule has 1 saturated heterocycles. The highest BCUT2D eigenvalue weighted by molar-refractivity contribution is 7.89. The smallest absolute Gasteiger partial charge is 0.246 e. The lowest BCUT2D eigenvalue weighted by Crippen LogP contribution is -2.46. The molecule has 2 aromatic rings. The largest absolute Gasteiger partial charge is 0.495 e. The Morgan fingerprint density at radius 1 is 1.10 bits per heavy atom. The molecule has 1 fully saturated rings. The predicted octanol–water partition coefficient (Wildman–Crippen LogP) is 3.38. The highest BCUT2D eigenvalue weighted by atomic mass is 32.2. The lowest BCUT2D eigenvalue weighted by molar-refractivity contribution is -0.123. The number of anilines is 1. The molecule has 2 aliphatic rings. The SMILES string of the molecule is COc1ccc(C)cc1S(=O)(=O)N1CCC(C(=O)N2c3ccccc3C[C@H]2C)CC1. The van der Waals surface area contributed by atoms with Gasteiger partial charge in [-0.1, -0.05) is 24.3 Å². The molecule has 2 heterocycles. The van der Waals surface area contributed by atoms with Crippen LogP contribution in [0.3, 0.4) is 0 Å². The summed E-state index contributed by atoms with van der Waals surface area (Å²) in [5.74, 6) is 0.295. The number of para-hydroxylation sites is 1. The highest BCUT2D eigenvalue weighted by Crippen LogP contribution is 2.36. The van der Waals surface area contributed by atoms with Gasteiger partial charge in [-0.2, -0.15) is 4.31 Å². The number of aryl methyl sites for hydroxylation is 1. The second-order valence-electron chi connectivity index (χ2n) is 8.22. The molecule has 0 aromatic heterocycles. The molecule has 0 aliphatic carbocycles. The van der Waals surface area contributed by atoms with E-state index < -0.39 is 10.0 Å². The summed E-state index contributed by atoms with van der Waals surface area (Å²) in [6.07, 6.45) is 1.91. The molecule has 0 unspecified atom stereocenters. The van der Waals surface area contributed by atoms with E-state index in [2.05, 4.69) is 13.0 Å². The number of ether oxygens (including phenoxy) is 1. The summed E-state index contributed by atoms with van der Waals surface area (Å²) in [7, 11) is -2.20. The van der Waals surface area contributed by atoms with E-state index in [1.807, 2.05) is 36.1 Å². The molecule has 7 heteroatoms. The van der Waals surface area contributed by atoms with E-state index in [-0.39, 0.29) is 22.8 Å². The number of carbonyl (C=O) groups excluding carboxylic acids is 1. The molecular weight excluding hydrogens is 400 g/mol. The summed E-state index contributed by atoms with van der Waals surface area (Å²) < 4.78 is 33.2. The number of piperidine rings is 1. The van der Waals surface area contributed by atoms with Gasteiger partial charge in [-0.25, -0.2) is 8.42 Å². The van der Waals surface area contributed by atoms with Crippen LogP contribution in [0.1, 0.15) is 30.9 Å². The van der Waals surface area contributed by atoms with Crippen molar-refractivity contribution in [3.8, 4) is 5.75 Å². The molecule has 2 aromatic carbocycles. The molecule has 0 N–H and O–H groups in total. The zero-order chi connectivity index (χ0) is 21.5. The van der Waals surface area contributed by atoms with Crippen LogP contribution in [-0.2, 0) is 21.2 Å². The van der Waals surface area contributed by atoms with Crippen LogP contribution in [-0.4, -0.2) is 44.9 Å². The van der Waals surface area contributed by atoms with Gasteiger partial charge in [0, 0.05) is 30.7 Å². The third-order valence-electron chi connectivity index (χ3n) is 6.18. The lowest BCUT2D eigenvalue weighted by atomic mass is 9.96. The van der Waals surface area contributed by atoms with Crippen molar-refractivity contribution in [3.63, 3.8) is 0 Å². The first kappa shape index (κ1) is 20.9. The van der Waals surface area contributed by atoms with Gasteiger partial charge in [0.1, 0.15) is 10.6 Å². The highest BCUT2D eigenvalue weighted by Gasteiger charge is 2.38. The maximum absolute atomic E-state index is 13.3. The summed E-state index contributed by atoms with van der Waals surface area (Å²) in [5, 5.41) is 0. The van der Waals surface area contributed by atoms with Gasteiger partial charge in [-0.3, -0.25) is 4.79 Å². The van der Waals surface area contributed by atoms with Crippen molar-refractivity contribution in [1.82, 2.24) is 4.31 Å². The van der Waals surface area contributed by atoms with Gasteiger partial charge in [-0.05, 0) is 62.4 Å². The van der Waals surface area contributed by atoms with E-state index in [4.69, 9.17) is 4.74 Å². The summed E-state index contributed by atoms with van der Waals surface area (Å²) in [5.41, 5.74) is 3.06. The van der Waals surface area contributed by atoms with Crippen LogP contribution >= 0.6 is 0 Å². The Bertz CT molecular complexity index is 1060. The number of nitrogens with zero attached hydrogens (tertiary/aromatic N) is 2. The van der Waals surface area contributed by atoms with Crippen molar-refractivity contribution < 1.29 is 17.9 Å². The molecule has 0 spiro atoms. The van der Waals surface area contributed by atoms with E-state index in [9.17, 15) is 13.2 Å². The zero-order valence-corrected chi connectivity index (χ0v) is 18.5. The van der Waals surface area contributed by atoms with Gasteiger partial charge in [0.05, 0.1) is 7.11 Å². The molecule has 1 amide bonds. The van der Waals surface area contributed by atoms with E-state index in [0.29, 0.717) is 31.7 Å². The topological polar surface area (TPSA) is 66.9 Å². The van der Waals surface area contributed by atoms with Crippen molar-refractivity contribution in [3.05, 3.63) is 53.6 Å². The second-order valence-corrected chi connectivity index (χ2v) is 10.1. The average molecular weight is 429 g/mol. The Hall–Kier alpha value is -2.38. The Kier molecular flexibility index (Phi) is 5.59. The second kappa shape index (κ2) is 8.04. The number of amides is 1.